The Bertz CT molecular complexity index is 1030. The first-order chi connectivity index (χ1) is 14.6. The van der Waals surface area contributed by atoms with Crippen molar-refractivity contribution in [3.63, 3.8) is 0 Å². The summed E-state index contributed by atoms with van der Waals surface area (Å²) in [6, 6.07) is 13.4. The van der Waals surface area contributed by atoms with Crippen molar-refractivity contribution in [2.24, 2.45) is 0 Å². The molecule has 1 fully saturated rings. The zero-order valence-electron chi connectivity index (χ0n) is 17.4. The van der Waals surface area contributed by atoms with Gasteiger partial charge < -0.3 is 9.64 Å². The molecule has 0 N–H and O–H groups in total. The topological polar surface area (TPSA) is 72.9 Å². The van der Waals surface area contributed by atoms with Gasteiger partial charge in [-0.2, -0.15) is 8.42 Å². The molecule has 6 nitrogen and oxygen atoms in total. The molecule has 1 amide bonds. The van der Waals surface area contributed by atoms with Gasteiger partial charge in [-0.1, -0.05) is 40.2 Å². The molecule has 0 saturated carbocycles. The van der Waals surface area contributed by atoms with Crippen LogP contribution >= 0.6 is 15.9 Å². The fourth-order valence-electron chi connectivity index (χ4n) is 3.81. The molecule has 2 aromatic carbocycles. The maximum Gasteiger partial charge on any atom is 0.411 e. The highest BCUT2D eigenvalue weighted by Crippen LogP contribution is 2.40. The van der Waals surface area contributed by atoms with Crippen molar-refractivity contribution in [3.05, 3.63) is 69.9 Å². The molecule has 2 aromatic rings. The predicted molar refractivity (Wildman–Crippen MR) is 118 cm³/mol. The summed E-state index contributed by atoms with van der Waals surface area (Å²) in [5, 5.41) is 0. The number of cyclic esters (lactones) is 1. The van der Waals surface area contributed by atoms with E-state index in [-0.39, 0.29) is 18.5 Å². The fraction of sp³-hybridized carbons (Fsp3) is 0.409. The van der Waals surface area contributed by atoms with Crippen molar-refractivity contribution in [3.8, 4) is 0 Å². The Hall–Kier alpha value is -1.97. The second-order valence-electron chi connectivity index (χ2n) is 7.67. The Labute approximate surface area is 190 Å². The quantitative estimate of drug-likeness (QED) is 0.360. The van der Waals surface area contributed by atoms with E-state index in [1.807, 2.05) is 31.2 Å². The molecule has 1 aliphatic rings. The molecule has 3 rings (SSSR count). The van der Waals surface area contributed by atoms with E-state index in [0.29, 0.717) is 31.4 Å². The van der Waals surface area contributed by atoms with E-state index in [9.17, 15) is 17.6 Å². The van der Waals surface area contributed by atoms with Crippen LogP contribution in [0.5, 0.6) is 0 Å². The largest absolute Gasteiger partial charge is 0.438 e. The van der Waals surface area contributed by atoms with E-state index >= 15 is 0 Å². The van der Waals surface area contributed by atoms with Crippen LogP contribution in [0.15, 0.2) is 53.0 Å². The number of benzene rings is 2. The van der Waals surface area contributed by atoms with Crippen LogP contribution in [-0.2, 0) is 24.6 Å². The van der Waals surface area contributed by atoms with E-state index in [2.05, 4.69) is 15.9 Å². The minimum Gasteiger partial charge on any atom is -0.438 e. The third-order valence-corrected chi connectivity index (χ3v) is 6.55. The lowest BCUT2D eigenvalue weighted by Gasteiger charge is -2.43. The number of amides is 1. The SMILES string of the molecule is C[C@@H](c1cccc(Br)c1)N1CC[C@](CCCOS(C)(=O)=O)(c2ccc(F)cc2)OC1=O. The number of rotatable bonds is 8. The van der Waals surface area contributed by atoms with Crippen LogP contribution in [0.4, 0.5) is 9.18 Å². The fourth-order valence-corrected chi connectivity index (χ4v) is 4.65. The summed E-state index contributed by atoms with van der Waals surface area (Å²) < 4.78 is 47.7. The monoisotopic (exact) mass is 513 g/mol. The van der Waals surface area contributed by atoms with Gasteiger partial charge in [-0.05, 0) is 55.2 Å². The molecule has 31 heavy (non-hydrogen) atoms. The standard InChI is InChI=1S/C22H25BrFNO5S/c1-16(17-5-3-6-19(23)15-17)25-13-12-22(30-21(25)26,11-4-14-29-31(2,27)28)18-7-9-20(24)10-8-18/h3,5-10,15-16H,4,11-14H2,1-2H3/t16-,22+/m0/s1. The van der Waals surface area contributed by atoms with Crippen LogP contribution < -0.4 is 0 Å². The Kier molecular flexibility index (Phi) is 7.39. The summed E-state index contributed by atoms with van der Waals surface area (Å²) in [5.41, 5.74) is 0.678. The van der Waals surface area contributed by atoms with Crippen molar-refractivity contribution in [2.45, 2.75) is 37.8 Å². The minimum atomic E-state index is -3.55. The maximum atomic E-state index is 13.5. The lowest BCUT2D eigenvalue weighted by molar-refractivity contribution is -0.0676. The number of carbonyl (C=O) groups is 1. The van der Waals surface area contributed by atoms with Crippen LogP contribution in [0, 0.1) is 5.82 Å². The Morgan fingerprint density at radius 2 is 1.97 bits per heavy atom. The third-order valence-electron chi connectivity index (χ3n) is 5.47. The molecule has 0 aliphatic carbocycles. The van der Waals surface area contributed by atoms with Gasteiger partial charge >= 0.3 is 6.09 Å². The Balaban J connectivity index is 1.79. The van der Waals surface area contributed by atoms with E-state index < -0.39 is 21.8 Å². The molecule has 0 spiro atoms. The van der Waals surface area contributed by atoms with Gasteiger partial charge in [0.15, 0.2) is 0 Å². The minimum absolute atomic E-state index is 0.0164. The molecule has 0 aromatic heterocycles. The highest BCUT2D eigenvalue weighted by Gasteiger charge is 2.43. The molecule has 0 unspecified atom stereocenters. The Morgan fingerprint density at radius 3 is 2.58 bits per heavy atom. The second kappa shape index (κ2) is 9.67. The zero-order valence-corrected chi connectivity index (χ0v) is 19.8. The highest BCUT2D eigenvalue weighted by atomic mass is 79.9. The molecule has 0 radical (unpaired) electrons. The van der Waals surface area contributed by atoms with Gasteiger partial charge in [0.1, 0.15) is 11.4 Å². The first-order valence-electron chi connectivity index (χ1n) is 9.95. The summed E-state index contributed by atoms with van der Waals surface area (Å²) in [6.07, 6.45) is 1.73. The zero-order chi connectivity index (χ0) is 22.6. The average molecular weight is 514 g/mol. The maximum absolute atomic E-state index is 13.5. The van der Waals surface area contributed by atoms with Gasteiger partial charge in [0.05, 0.1) is 18.9 Å². The van der Waals surface area contributed by atoms with Gasteiger partial charge in [0, 0.05) is 17.4 Å². The van der Waals surface area contributed by atoms with Crippen molar-refractivity contribution in [1.29, 1.82) is 0 Å². The summed E-state index contributed by atoms with van der Waals surface area (Å²) in [7, 11) is -3.55. The van der Waals surface area contributed by atoms with Crippen molar-refractivity contribution >= 4 is 32.1 Å². The molecule has 1 aliphatic heterocycles. The van der Waals surface area contributed by atoms with Gasteiger partial charge in [-0.3, -0.25) is 4.18 Å². The van der Waals surface area contributed by atoms with Crippen LogP contribution in [0.25, 0.3) is 0 Å². The molecule has 1 heterocycles. The summed E-state index contributed by atoms with van der Waals surface area (Å²) in [6.45, 7) is 2.36. The smallest absolute Gasteiger partial charge is 0.411 e. The first-order valence-corrected chi connectivity index (χ1v) is 12.6. The van der Waals surface area contributed by atoms with Crippen LogP contribution in [0.2, 0.25) is 0 Å². The predicted octanol–water partition coefficient (Wildman–Crippen LogP) is 5.14. The van der Waals surface area contributed by atoms with Gasteiger partial charge in [0.2, 0.25) is 0 Å². The lowest BCUT2D eigenvalue weighted by atomic mass is 9.84. The van der Waals surface area contributed by atoms with Gasteiger partial charge in [-0.25, -0.2) is 9.18 Å². The summed E-state index contributed by atoms with van der Waals surface area (Å²) in [5.74, 6) is -0.383. The highest BCUT2D eigenvalue weighted by molar-refractivity contribution is 9.10. The van der Waals surface area contributed by atoms with Crippen LogP contribution in [0.3, 0.4) is 0 Å². The Morgan fingerprint density at radius 1 is 1.26 bits per heavy atom. The van der Waals surface area contributed by atoms with Crippen molar-refractivity contribution < 1.29 is 26.5 Å². The molecule has 9 heteroatoms. The third kappa shape index (κ3) is 6.05. The second-order valence-corrected chi connectivity index (χ2v) is 10.2. The van der Waals surface area contributed by atoms with Gasteiger partial charge in [0.25, 0.3) is 10.1 Å². The molecular formula is C22H25BrFNO5S. The number of hydrogen-bond donors (Lipinski definition) is 0. The normalized spacial score (nSPS) is 20.4. The molecular weight excluding hydrogens is 489 g/mol. The lowest BCUT2D eigenvalue weighted by Crippen LogP contribution is -2.48. The van der Waals surface area contributed by atoms with E-state index in [1.165, 1.54) is 12.1 Å². The summed E-state index contributed by atoms with van der Waals surface area (Å²) >= 11 is 3.45. The van der Waals surface area contributed by atoms with Crippen molar-refractivity contribution in [2.75, 3.05) is 19.4 Å². The summed E-state index contributed by atoms with van der Waals surface area (Å²) in [4.78, 5) is 14.7. The number of carbonyl (C=O) groups excluding carboxylic acids is 1. The molecule has 0 bridgehead atoms. The molecule has 1 saturated heterocycles. The molecule has 168 valence electrons. The van der Waals surface area contributed by atoms with Crippen molar-refractivity contribution in [1.82, 2.24) is 4.90 Å². The number of halogens is 2. The number of hydrogen-bond acceptors (Lipinski definition) is 5. The van der Waals surface area contributed by atoms with Crippen LogP contribution in [-0.4, -0.2) is 38.8 Å². The van der Waals surface area contributed by atoms with E-state index in [1.54, 1.807) is 17.0 Å². The van der Waals surface area contributed by atoms with E-state index in [4.69, 9.17) is 8.92 Å². The van der Waals surface area contributed by atoms with Crippen LogP contribution in [0.1, 0.15) is 43.4 Å². The number of ether oxygens (including phenoxy) is 1. The van der Waals surface area contributed by atoms with E-state index in [0.717, 1.165) is 16.3 Å². The van der Waals surface area contributed by atoms with Gasteiger partial charge in [-0.15, -0.1) is 0 Å². The average Bonchev–Trinajstić information content (AvgIpc) is 2.71. The molecule has 2 atom stereocenters. The number of nitrogens with zero attached hydrogens (tertiary/aromatic N) is 1. The first kappa shape index (κ1) is 23.7.